The van der Waals surface area contributed by atoms with Gasteiger partial charge in [-0.05, 0) is 17.7 Å². The van der Waals surface area contributed by atoms with E-state index in [1.165, 1.54) is 12.4 Å². The lowest BCUT2D eigenvalue weighted by Crippen LogP contribution is -2.22. The van der Waals surface area contributed by atoms with Crippen molar-refractivity contribution < 1.29 is 4.39 Å². The summed E-state index contributed by atoms with van der Waals surface area (Å²) in [7, 11) is 0. The predicted octanol–water partition coefficient (Wildman–Crippen LogP) is 1.96. The van der Waals surface area contributed by atoms with Crippen LogP contribution in [0.3, 0.4) is 0 Å². The zero-order valence-corrected chi connectivity index (χ0v) is 10.6. The second kappa shape index (κ2) is 5.73. The van der Waals surface area contributed by atoms with Crippen molar-refractivity contribution in [2.75, 3.05) is 0 Å². The molecule has 1 aromatic heterocycles. The predicted molar refractivity (Wildman–Crippen MR) is 67.5 cm³/mol. The number of hydrogen-bond donors (Lipinski definition) is 1. The molecular formula is C13H17FN4. The summed E-state index contributed by atoms with van der Waals surface area (Å²) >= 11 is 0. The zero-order chi connectivity index (χ0) is 13.0. The van der Waals surface area contributed by atoms with Gasteiger partial charge >= 0.3 is 0 Å². The minimum Gasteiger partial charge on any atom is -0.310 e. The number of nitrogens with zero attached hydrogens (tertiary/aromatic N) is 3. The van der Waals surface area contributed by atoms with Gasteiger partial charge in [0, 0.05) is 18.2 Å². The molecule has 0 saturated carbocycles. The first-order valence-electron chi connectivity index (χ1n) is 5.98. The molecule has 0 atom stereocenters. The molecule has 0 aliphatic carbocycles. The lowest BCUT2D eigenvalue weighted by molar-refractivity contribution is 0.573. The quantitative estimate of drug-likeness (QED) is 0.879. The highest BCUT2D eigenvalue weighted by atomic mass is 19.1. The fraction of sp³-hybridized carbons (Fsp3) is 0.385. The van der Waals surface area contributed by atoms with Crippen molar-refractivity contribution in [1.82, 2.24) is 20.1 Å². The van der Waals surface area contributed by atoms with Crippen LogP contribution in [0.2, 0.25) is 0 Å². The van der Waals surface area contributed by atoms with Crippen molar-refractivity contribution in [3.05, 3.63) is 47.8 Å². The molecule has 0 fully saturated rings. The zero-order valence-electron chi connectivity index (χ0n) is 10.6. The monoisotopic (exact) mass is 248 g/mol. The van der Waals surface area contributed by atoms with Crippen LogP contribution in [0.5, 0.6) is 0 Å². The Balaban J connectivity index is 2.11. The lowest BCUT2D eigenvalue weighted by Gasteiger charge is -2.10. The van der Waals surface area contributed by atoms with Crippen molar-refractivity contribution in [3.8, 4) is 0 Å². The second-order valence-electron chi connectivity index (χ2n) is 4.55. The summed E-state index contributed by atoms with van der Waals surface area (Å²) in [6.45, 7) is 5.31. The lowest BCUT2D eigenvalue weighted by atomic mass is 10.1. The minimum absolute atomic E-state index is 0.209. The van der Waals surface area contributed by atoms with E-state index in [9.17, 15) is 4.39 Å². The van der Waals surface area contributed by atoms with E-state index >= 15 is 0 Å². The van der Waals surface area contributed by atoms with Gasteiger partial charge in [0.2, 0.25) is 0 Å². The molecule has 2 rings (SSSR count). The Bertz CT molecular complexity index is 494. The highest BCUT2D eigenvalue weighted by molar-refractivity contribution is 5.25. The smallest absolute Gasteiger partial charge is 0.137 e. The van der Waals surface area contributed by atoms with Crippen LogP contribution in [0.4, 0.5) is 4.39 Å². The second-order valence-corrected chi connectivity index (χ2v) is 4.55. The Morgan fingerprint density at radius 1 is 1.39 bits per heavy atom. The maximum absolute atomic E-state index is 13.7. The van der Waals surface area contributed by atoms with Crippen molar-refractivity contribution >= 4 is 0 Å². The molecule has 1 N–H and O–H groups in total. The first-order valence-corrected chi connectivity index (χ1v) is 5.98. The number of aromatic nitrogens is 3. The van der Waals surface area contributed by atoms with Crippen molar-refractivity contribution in [1.29, 1.82) is 0 Å². The van der Waals surface area contributed by atoms with Crippen LogP contribution in [0.15, 0.2) is 30.9 Å². The van der Waals surface area contributed by atoms with Crippen molar-refractivity contribution in [2.24, 2.45) is 0 Å². The van der Waals surface area contributed by atoms with E-state index in [0.717, 1.165) is 12.1 Å². The first kappa shape index (κ1) is 12.7. The SMILES string of the molecule is CC(C)NCc1ccc(F)c(Cn2cncn2)c1. The van der Waals surface area contributed by atoms with Gasteiger partial charge in [-0.3, -0.25) is 0 Å². The number of halogens is 1. The number of rotatable bonds is 5. The average molecular weight is 248 g/mol. The molecular weight excluding hydrogens is 231 g/mol. The highest BCUT2D eigenvalue weighted by Crippen LogP contribution is 2.12. The Morgan fingerprint density at radius 2 is 2.22 bits per heavy atom. The van der Waals surface area contributed by atoms with Gasteiger partial charge in [-0.2, -0.15) is 5.10 Å². The molecule has 0 aliphatic rings. The van der Waals surface area contributed by atoms with Crippen LogP contribution in [0.1, 0.15) is 25.0 Å². The molecule has 1 aromatic carbocycles. The van der Waals surface area contributed by atoms with Crippen molar-refractivity contribution in [2.45, 2.75) is 33.0 Å². The topological polar surface area (TPSA) is 42.7 Å². The normalized spacial score (nSPS) is 11.1. The van der Waals surface area contributed by atoms with Crippen LogP contribution in [-0.2, 0) is 13.1 Å². The van der Waals surface area contributed by atoms with Crippen LogP contribution >= 0.6 is 0 Å². The van der Waals surface area contributed by atoms with Crippen LogP contribution in [0.25, 0.3) is 0 Å². The van der Waals surface area contributed by atoms with E-state index in [1.54, 1.807) is 17.1 Å². The Labute approximate surface area is 106 Å². The summed E-state index contributed by atoms with van der Waals surface area (Å²) in [6.07, 6.45) is 3.03. The minimum atomic E-state index is -0.209. The van der Waals surface area contributed by atoms with E-state index in [-0.39, 0.29) is 5.82 Å². The first-order chi connectivity index (χ1) is 8.65. The standard InChI is InChI=1S/C13H17FN4/c1-10(2)16-6-11-3-4-13(14)12(5-11)7-18-9-15-8-17-18/h3-5,8-10,16H,6-7H2,1-2H3. The molecule has 18 heavy (non-hydrogen) atoms. The highest BCUT2D eigenvalue weighted by Gasteiger charge is 2.05. The average Bonchev–Trinajstić information content (AvgIpc) is 2.83. The molecule has 0 aliphatic heterocycles. The summed E-state index contributed by atoms with van der Waals surface area (Å²) in [4.78, 5) is 3.85. The van der Waals surface area contributed by atoms with E-state index < -0.39 is 0 Å². The molecule has 0 spiro atoms. The molecule has 0 radical (unpaired) electrons. The summed E-state index contributed by atoms with van der Waals surface area (Å²) in [5.74, 6) is -0.209. The van der Waals surface area contributed by atoms with E-state index in [2.05, 4.69) is 29.2 Å². The van der Waals surface area contributed by atoms with E-state index in [0.29, 0.717) is 18.2 Å². The van der Waals surface area contributed by atoms with Gasteiger partial charge in [0.05, 0.1) is 6.54 Å². The molecule has 0 bridgehead atoms. The molecule has 4 nitrogen and oxygen atoms in total. The molecule has 0 saturated heterocycles. The van der Waals surface area contributed by atoms with Crippen LogP contribution < -0.4 is 5.32 Å². The third-order valence-electron chi connectivity index (χ3n) is 2.62. The van der Waals surface area contributed by atoms with Gasteiger partial charge in [-0.25, -0.2) is 14.1 Å². The van der Waals surface area contributed by atoms with Gasteiger partial charge < -0.3 is 5.32 Å². The van der Waals surface area contributed by atoms with Gasteiger partial charge in [-0.1, -0.05) is 19.9 Å². The maximum Gasteiger partial charge on any atom is 0.137 e. The summed E-state index contributed by atoms with van der Waals surface area (Å²) < 4.78 is 15.3. The fourth-order valence-corrected chi connectivity index (χ4v) is 1.67. The van der Waals surface area contributed by atoms with E-state index in [1.807, 2.05) is 6.07 Å². The summed E-state index contributed by atoms with van der Waals surface area (Å²) in [5.41, 5.74) is 1.70. The molecule has 1 heterocycles. The Hall–Kier alpha value is -1.75. The maximum atomic E-state index is 13.7. The third-order valence-corrected chi connectivity index (χ3v) is 2.62. The van der Waals surface area contributed by atoms with Crippen LogP contribution in [0, 0.1) is 5.82 Å². The van der Waals surface area contributed by atoms with E-state index in [4.69, 9.17) is 0 Å². The molecule has 96 valence electrons. The van der Waals surface area contributed by atoms with Gasteiger partial charge in [0.15, 0.2) is 0 Å². The molecule has 0 amide bonds. The van der Waals surface area contributed by atoms with Gasteiger partial charge in [0.1, 0.15) is 18.5 Å². The molecule has 2 aromatic rings. The number of hydrogen-bond acceptors (Lipinski definition) is 3. The van der Waals surface area contributed by atoms with Crippen molar-refractivity contribution in [3.63, 3.8) is 0 Å². The number of benzene rings is 1. The number of nitrogens with one attached hydrogen (secondary N) is 1. The third kappa shape index (κ3) is 3.37. The van der Waals surface area contributed by atoms with Gasteiger partial charge in [0.25, 0.3) is 0 Å². The Morgan fingerprint density at radius 3 is 2.89 bits per heavy atom. The molecule has 0 unspecified atom stereocenters. The fourth-order valence-electron chi connectivity index (χ4n) is 1.67. The largest absolute Gasteiger partial charge is 0.310 e. The Kier molecular flexibility index (Phi) is 4.04. The van der Waals surface area contributed by atoms with Crippen LogP contribution in [-0.4, -0.2) is 20.8 Å². The summed E-state index contributed by atoms with van der Waals surface area (Å²) in [5, 5.41) is 7.29. The van der Waals surface area contributed by atoms with Gasteiger partial charge in [-0.15, -0.1) is 0 Å². The molecule has 5 heteroatoms. The summed E-state index contributed by atoms with van der Waals surface area (Å²) in [6, 6.07) is 5.58.